The maximum absolute atomic E-state index is 10.5. The van der Waals surface area contributed by atoms with Gasteiger partial charge in [-0.25, -0.2) is 4.79 Å². The van der Waals surface area contributed by atoms with E-state index in [1.54, 1.807) is 13.2 Å². The third-order valence-electron chi connectivity index (χ3n) is 2.83. The summed E-state index contributed by atoms with van der Waals surface area (Å²) in [6, 6.07) is 7.47. The Morgan fingerprint density at radius 1 is 1.45 bits per heavy atom. The molecule has 5 heteroatoms. The number of benzene rings is 1. The highest BCUT2D eigenvalue weighted by Gasteiger charge is 2.05. The molecular weight excluding hydrogens is 256 g/mol. The number of aryl methyl sites for hydroxylation is 1. The molecule has 0 aliphatic carbocycles. The van der Waals surface area contributed by atoms with Crippen molar-refractivity contribution >= 4 is 12.0 Å². The van der Waals surface area contributed by atoms with Crippen molar-refractivity contribution in [2.45, 2.75) is 13.5 Å². The topological polar surface area (TPSA) is 64.3 Å². The maximum Gasteiger partial charge on any atom is 0.328 e. The Hall–Kier alpha value is -2.56. The van der Waals surface area contributed by atoms with Crippen molar-refractivity contribution < 1.29 is 14.6 Å². The Labute approximate surface area is 117 Å². The summed E-state index contributed by atoms with van der Waals surface area (Å²) in [5, 5.41) is 13.0. The predicted octanol–water partition coefficient (Wildman–Crippen LogP) is 2.35. The SMILES string of the molecule is COc1ccc(C=CC(=O)O)cc1Cn1ccc(C)n1. The van der Waals surface area contributed by atoms with E-state index in [1.165, 1.54) is 0 Å². The van der Waals surface area contributed by atoms with Gasteiger partial charge in [0.25, 0.3) is 0 Å². The van der Waals surface area contributed by atoms with Gasteiger partial charge in [-0.3, -0.25) is 4.68 Å². The second-order valence-electron chi connectivity index (χ2n) is 4.40. The minimum Gasteiger partial charge on any atom is -0.496 e. The lowest BCUT2D eigenvalue weighted by atomic mass is 10.1. The van der Waals surface area contributed by atoms with E-state index in [4.69, 9.17) is 9.84 Å². The van der Waals surface area contributed by atoms with Crippen molar-refractivity contribution in [3.05, 3.63) is 53.4 Å². The molecule has 0 unspecified atom stereocenters. The number of rotatable bonds is 5. The molecule has 0 amide bonds. The van der Waals surface area contributed by atoms with Gasteiger partial charge in [0.2, 0.25) is 0 Å². The number of carboxylic acids is 1. The van der Waals surface area contributed by atoms with Gasteiger partial charge in [0.1, 0.15) is 5.75 Å². The molecule has 0 saturated carbocycles. The molecule has 0 bridgehead atoms. The molecule has 1 aromatic heterocycles. The van der Waals surface area contributed by atoms with Gasteiger partial charge in [-0.15, -0.1) is 0 Å². The van der Waals surface area contributed by atoms with Crippen LogP contribution in [-0.4, -0.2) is 28.0 Å². The molecule has 5 nitrogen and oxygen atoms in total. The summed E-state index contributed by atoms with van der Waals surface area (Å²) >= 11 is 0. The van der Waals surface area contributed by atoms with Crippen LogP contribution in [0.5, 0.6) is 5.75 Å². The molecular formula is C15H16N2O3. The molecule has 0 fully saturated rings. The van der Waals surface area contributed by atoms with Crippen LogP contribution in [0.15, 0.2) is 36.5 Å². The van der Waals surface area contributed by atoms with Crippen molar-refractivity contribution in [3.8, 4) is 5.75 Å². The Kier molecular flexibility index (Phi) is 4.20. The average molecular weight is 272 g/mol. The van der Waals surface area contributed by atoms with Gasteiger partial charge < -0.3 is 9.84 Å². The number of hydrogen-bond donors (Lipinski definition) is 1. The first kappa shape index (κ1) is 13.9. The first-order valence-corrected chi connectivity index (χ1v) is 6.16. The van der Waals surface area contributed by atoms with Crippen LogP contribution < -0.4 is 4.74 Å². The minimum atomic E-state index is -0.968. The van der Waals surface area contributed by atoms with Gasteiger partial charge in [-0.1, -0.05) is 6.07 Å². The van der Waals surface area contributed by atoms with E-state index in [1.807, 2.05) is 42.1 Å². The fourth-order valence-electron chi connectivity index (χ4n) is 1.92. The Morgan fingerprint density at radius 3 is 2.85 bits per heavy atom. The Morgan fingerprint density at radius 2 is 2.25 bits per heavy atom. The van der Waals surface area contributed by atoms with Crippen molar-refractivity contribution in [2.75, 3.05) is 7.11 Å². The summed E-state index contributed by atoms with van der Waals surface area (Å²) in [5.74, 6) is -0.212. The highest BCUT2D eigenvalue weighted by molar-refractivity contribution is 5.85. The number of nitrogens with zero attached hydrogens (tertiary/aromatic N) is 2. The molecule has 0 spiro atoms. The van der Waals surface area contributed by atoms with E-state index in [2.05, 4.69) is 5.10 Å². The molecule has 0 aliphatic rings. The van der Waals surface area contributed by atoms with E-state index in [-0.39, 0.29) is 0 Å². The largest absolute Gasteiger partial charge is 0.496 e. The molecule has 1 heterocycles. The lowest BCUT2D eigenvalue weighted by molar-refractivity contribution is -0.131. The van der Waals surface area contributed by atoms with Crippen LogP contribution in [0.1, 0.15) is 16.8 Å². The fourth-order valence-corrected chi connectivity index (χ4v) is 1.92. The van der Waals surface area contributed by atoms with Crippen molar-refractivity contribution in [3.63, 3.8) is 0 Å². The van der Waals surface area contributed by atoms with Gasteiger partial charge in [0.05, 0.1) is 19.3 Å². The monoisotopic (exact) mass is 272 g/mol. The van der Waals surface area contributed by atoms with Gasteiger partial charge in [0, 0.05) is 17.8 Å². The maximum atomic E-state index is 10.5. The van der Waals surface area contributed by atoms with Gasteiger partial charge in [-0.2, -0.15) is 5.10 Å². The van der Waals surface area contributed by atoms with Crippen molar-refractivity contribution in [1.29, 1.82) is 0 Å². The van der Waals surface area contributed by atoms with Crippen molar-refractivity contribution in [1.82, 2.24) is 9.78 Å². The summed E-state index contributed by atoms with van der Waals surface area (Å²) in [6.07, 6.45) is 4.57. The molecule has 0 radical (unpaired) electrons. The van der Waals surface area contributed by atoms with Crippen LogP contribution in [0.3, 0.4) is 0 Å². The number of aromatic nitrogens is 2. The third kappa shape index (κ3) is 3.47. The predicted molar refractivity (Wildman–Crippen MR) is 75.7 cm³/mol. The highest BCUT2D eigenvalue weighted by Crippen LogP contribution is 2.21. The summed E-state index contributed by atoms with van der Waals surface area (Å²) in [6.45, 7) is 2.51. The quantitative estimate of drug-likeness (QED) is 0.848. The summed E-state index contributed by atoms with van der Waals surface area (Å²) in [5.41, 5.74) is 2.71. The molecule has 104 valence electrons. The van der Waals surface area contributed by atoms with Crippen LogP contribution in [0.2, 0.25) is 0 Å². The first-order valence-electron chi connectivity index (χ1n) is 6.16. The second kappa shape index (κ2) is 6.06. The third-order valence-corrected chi connectivity index (χ3v) is 2.83. The molecule has 2 aromatic rings. The number of hydrogen-bond acceptors (Lipinski definition) is 3. The van der Waals surface area contributed by atoms with Gasteiger partial charge in [-0.05, 0) is 36.8 Å². The van der Waals surface area contributed by atoms with E-state index in [0.717, 1.165) is 28.6 Å². The zero-order valence-electron chi connectivity index (χ0n) is 11.4. The number of carbonyl (C=O) groups is 1. The number of carboxylic acid groups (broad SMARTS) is 1. The molecule has 0 aliphatic heterocycles. The number of methoxy groups -OCH3 is 1. The zero-order chi connectivity index (χ0) is 14.5. The van der Waals surface area contributed by atoms with Gasteiger partial charge >= 0.3 is 5.97 Å². The van der Waals surface area contributed by atoms with Crippen LogP contribution >= 0.6 is 0 Å². The molecule has 0 atom stereocenters. The normalized spacial score (nSPS) is 10.9. The lowest BCUT2D eigenvalue weighted by Gasteiger charge is -2.09. The summed E-state index contributed by atoms with van der Waals surface area (Å²) in [4.78, 5) is 10.5. The molecule has 20 heavy (non-hydrogen) atoms. The van der Waals surface area contributed by atoms with Gasteiger partial charge in [0.15, 0.2) is 0 Å². The summed E-state index contributed by atoms with van der Waals surface area (Å²) in [7, 11) is 1.61. The Balaban J connectivity index is 2.29. The van der Waals surface area contributed by atoms with Crippen LogP contribution in [0, 0.1) is 6.92 Å². The van der Waals surface area contributed by atoms with Crippen LogP contribution in [-0.2, 0) is 11.3 Å². The van der Waals surface area contributed by atoms with E-state index in [9.17, 15) is 4.79 Å². The van der Waals surface area contributed by atoms with Crippen molar-refractivity contribution in [2.24, 2.45) is 0 Å². The molecule has 1 aromatic carbocycles. The number of ether oxygens (including phenoxy) is 1. The average Bonchev–Trinajstić information content (AvgIpc) is 2.82. The van der Waals surface area contributed by atoms with E-state index < -0.39 is 5.97 Å². The first-order chi connectivity index (χ1) is 9.58. The van der Waals surface area contributed by atoms with Crippen LogP contribution in [0.4, 0.5) is 0 Å². The molecule has 2 rings (SSSR count). The van der Waals surface area contributed by atoms with Crippen LogP contribution in [0.25, 0.3) is 6.08 Å². The second-order valence-corrected chi connectivity index (χ2v) is 4.40. The zero-order valence-corrected chi connectivity index (χ0v) is 11.4. The number of aliphatic carboxylic acids is 1. The Bertz CT molecular complexity index is 644. The standard InChI is InChI=1S/C15H16N2O3/c1-11-7-8-17(16-11)10-13-9-12(4-6-15(18)19)3-5-14(13)20-2/h3-9H,10H2,1-2H3,(H,18,19). The molecule has 0 saturated heterocycles. The lowest BCUT2D eigenvalue weighted by Crippen LogP contribution is -2.03. The minimum absolute atomic E-state index is 0.575. The highest BCUT2D eigenvalue weighted by atomic mass is 16.5. The smallest absolute Gasteiger partial charge is 0.328 e. The van der Waals surface area contributed by atoms with E-state index >= 15 is 0 Å². The fraction of sp³-hybridized carbons (Fsp3) is 0.200. The summed E-state index contributed by atoms with van der Waals surface area (Å²) < 4.78 is 7.14. The van der Waals surface area contributed by atoms with E-state index in [0.29, 0.717) is 6.54 Å². The molecule has 1 N–H and O–H groups in total.